The molecule has 0 saturated carbocycles. The predicted molar refractivity (Wildman–Crippen MR) is 123 cm³/mol. The molecular formula is C27H24O3. The second-order valence-electron chi connectivity index (χ2n) is 6.53. The minimum absolute atomic E-state index is 0.770. The quantitative estimate of drug-likeness (QED) is 0.386. The summed E-state index contributed by atoms with van der Waals surface area (Å²) >= 11 is 0. The van der Waals surface area contributed by atoms with Gasteiger partial charge in [-0.2, -0.15) is 0 Å². The fourth-order valence-corrected chi connectivity index (χ4v) is 2.90. The van der Waals surface area contributed by atoms with Crippen LogP contribution in [-0.2, 0) is 0 Å². The number of benzene rings is 3. The minimum Gasteiger partial charge on any atom is -0.497 e. The van der Waals surface area contributed by atoms with Crippen molar-refractivity contribution >= 4 is 11.6 Å². The number of methoxy groups -OCH3 is 3. The summed E-state index contributed by atoms with van der Waals surface area (Å²) in [4.78, 5) is 0. The molecule has 3 rings (SSSR count). The first-order valence-corrected chi connectivity index (χ1v) is 9.48. The summed E-state index contributed by atoms with van der Waals surface area (Å²) in [6, 6.07) is 23.3. The van der Waals surface area contributed by atoms with Crippen LogP contribution in [-0.4, -0.2) is 21.3 Å². The van der Waals surface area contributed by atoms with Gasteiger partial charge in [0.05, 0.1) is 21.3 Å². The molecule has 0 fully saturated rings. The molecule has 0 aromatic heterocycles. The average Bonchev–Trinajstić information content (AvgIpc) is 2.81. The van der Waals surface area contributed by atoms with Crippen LogP contribution in [0.3, 0.4) is 0 Å². The molecule has 3 nitrogen and oxygen atoms in total. The average molecular weight is 396 g/mol. The van der Waals surface area contributed by atoms with E-state index < -0.39 is 0 Å². The van der Waals surface area contributed by atoms with Crippen molar-refractivity contribution in [3.63, 3.8) is 0 Å². The molecule has 3 aromatic rings. The summed E-state index contributed by atoms with van der Waals surface area (Å²) in [7, 11) is 4.95. The molecule has 0 aliphatic carbocycles. The highest BCUT2D eigenvalue weighted by atomic mass is 16.5. The fraction of sp³-hybridized carbons (Fsp3) is 0.111. The van der Waals surface area contributed by atoms with Crippen LogP contribution in [0.1, 0.15) is 16.7 Å². The van der Waals surface area contributed by atoms with Gasteiger partial charge in [0, 0.05) is 11.1 Å². The van der Waals surface area contributed by atoms with Crippen LogP contribution in [0.2, 0.25) is 0 Å². The molecule has 0 radical (unpaired) electrons. The first kappa shape index (κ1) is 20.8. The molecule has 0 N–H and O–H groups in total. The van der Waals surface area contributed by atoms with Gasteiger partial charge in [-0.1, -0.05) is 48.8 Å². The SMILES string of the molecule is C=C(/C(C#Cc1cccc(OC)c1)=C\c1cccc(OC)c1)c1cccc(OC)c1. The van der Waals surface area contributed by atoms with E-state index in [1.807, 2.05) is 78.9 Å². The van der Waals surface area contributed by atoms with Gasteiger partial charge in [0.15, 0.2) is 0 Å². The fourth-order valence-electron chi connectivity index (χ4n) is 2.90. The van der Waals surface area contributed by atoms with E-state index in [9.17, 15) is 0 Å². The lowest BCUT2D eigenvalue weighted by Crippen LogP contribution is -1.90. The van der Waals surface area contributed by atoms with Crippen LogP contribution in [0, 0.1) is 11.8 Å². The van der Waals surface area contributed by atoms with E-state index in [-0.39, 0.29) is 0 Å². The van der Waals surface area contributed by atoms with Crippen molar-refractivity contribution in [2.24, 2.45) is 0 Å². The van der Waals surface area contributed by atoms with Crippen molar-refractivity contribution in [1.29, 1.82) is 0 Å². The van der Waals surface area contributed by atoms with Crippen LogP contribution in [0.15, 0.2) is 84.9 Å². The van der Waals surface area contributed by atoms with Crippen LogP contribution < -0.4 is 14.2 Å². The summed E-state index contributed by atoms with van der Waals surface area (Å²) in [6.45, 7) is 4.30. The molecule has 0 aliphatic heterocycles. The Labute approximate surface area is 178 Å². The predicted octanol–water partition coefficient (Wildman–Crippen LogP) is 5.86. The number of hydrogen-bond acceptors (Lipinski definition) is 3. The van der Waals surface area contributed by atoms with E-state index in [0.29, 0.717) is 0 Å². The van der Waals surface area contributed by atoms with Crippen LogP contribution in [0.5, 0.6) is 17.2 Å². The first-order chi connectivity index (χ1) is 14.6. The zero-order chi connectivity index (χ0) is 21.3. The molecule has 0 saturated heterocycles. The third-order valence-corrected chi connectivity index (χ3v) is 4.56. The lowest BCUT2D eigenvalue weighted by atomic mass is 9.97. The van der Waals surface area contributed by atoms with Gasteiger partial charge in [0.25, 0.3) is 0 Å². The number of hydrogen-bond donors (Lipinski definition) is 0. The molecular weight excluding hydrogens is 372 g/mol. The molecule has 0 heterocycles. The minimum atomic E-state index is 0.770. The maximum Gasteiger partial charge on any atom is 0.120 e. The van der Waals surface area contributed by atoms with Gasteiger partial charge >= 0.3 is 0 Å². The second-order valence-corrected chi connectivity index (χ2v) is 6.53. The van der Waals surface area contributed by atoms with Gasteiger partial charge < -0.3 is 14.2 Å². The summed E-state index contributed by atoms with van der Waals surface area (Å²) < 4.78 is 16.0. The Bertz CT molecular complexity index is 1130. The molecule has 0 bridgehead atoms. The van der Waals surface area contributed by atoms with Crippen LogP contribution in [0.25, 0.3) is 11.6 Å². The Balaban J connectivity index is 2.05. The Morgan fingerprint density at radius 1 is 0.767 bits per heavy atom. The van der Waals surface area contributed by atoms with Gasteiger partial charge in [-0.25, -0.2) is 0 Å². The third kappa shape index (κ3) is 5.33. The zero-order valence-electron chi connectivity index (χ0n) is 17.4. The second kappa shape index (κ2) is 10.0. The molecule has 0 aliphatic rings. The van der Waals surface area contributed by atoms with Crippen molar-refractivity contribution in [3.8, 4) is 29.1 Å². The maximum absolute atomic E-state index is 5.36. The Morgan fingerprint density at radius 3 is 2.07 bits per heavy atom. The van der Waals surface area contributed by atoms with Gasteiger partial charge in [0.2, 0.25) is 0 Å². The lowest BCUT2D eigenvalue weighted by molar-refractivity contribution is 0.414. The van der Waals surface area contributed by atoms with E-state index in [0.717, 1.165) is 45.1 Å². The number of rotatable bonds is 6. The summed E-state index contributed by atoms with van der Waals surface area (Å²) in [6.07, 6.45) is 2.01. The number of allylic oxidation sites excluding steroid dienone is 2. The van der Waals surface area contributed by atoms with E-state index in [1.54, 1.807) is 21.3 Å². The number of ether oxygens (including phenoxy) is 3. The molecule has 0 unspecified atom stereocenters. The first-order valence-electron chi connectivity index (χ1n) is 9.48. The smallest absolute Gasteiger partial charge is 0.120 e. The van der Waals surface area contributed by atoms with E-state index >= 15 is 0 Å². The molecule has 3 aromatic carbocycles. The maximum atomic E-state index is 5.36. The zero-order valence-corrected chi connectivity index (χ0v) is 17.4. The highest BCUT2D eigenvalue weighted by Gasteiger charge is 2.06. The van der Waals surface area contributed by atoms with Crippen molar-refractivity contribution in [2.45, 2.75) is 0 Å². The van der Waals surface area contributed by atoms with Crippen LogP contribution in [0.4, 0.5) is 0 Å². The summed E-state index contributed by atoms with van der Waals surface area (Å²) in [5.74, 6) is 8.84. The van der Waals surface area contributed by atoms with E-state index in [4.69, 9.17) is 14.2 Å². The standard InChI is InChI=1S/C27H24O3/c1-20(23-10-7-13-27(19-23)30-4)24(16-22-9-6-12-26(18-22)29-3)15-14-21-8-5-11-25(17-21)28-2/h5-13,16-19H,1H2,2-4H3/b24-16-. The molecule has 0 atom stereocenters. The van der Waals surface area contributed by atoms with Gasteiger partial charge in [-0.05, 0) is 65.2 Å². The normalized spacial score (nSPS) is 10.6. The van der Waals surface area contributed by atoms with Crippen molar-refractivity contribution in [3.05, 3.63) is 102 Å². The van der Waals surface area contributed by atoms with E-state index in [2.05, 4.69) is 18.4 Å². The highest BCUT2D eigenvalue weighted by molar-refractivity contribution is 5.88. The largest absolute Gasteiger partial charge is 0.497 e. The van der Waals surface area contributed by atoms with Crippen LogP contribution >= 0.6 is 0 Å². The third-order valence-electron chi connectivity index (χ3n) is 4.56. The van der Waals surface area contributed by atoms with Crippen molar-refractivity contribution in [2.75, 3.05) is 21.3 Å². The molecule has 30 heavy (non-hydrogen) atoms. The van der Waals surface area contributed by atoms with Gasteiger partial charge in [-0.15, -0.1) is 0 Å². The highest BCUT2D eigenvalue weighted by Crippen LogP contribution is 2.27. The monoisotopic (exact) mass is 396 g/mol. The van der Waals surface area contributed by atoms with Crippen molar-refractivity contribution in [1.82, 2.24) is 0 Å². The van der Waals surface area contributed by atoms with Crippen molar-refractivity contribution < 1.29 is 14.2 Å². The van der Waals surface area contributed by atoms with Gasteiger partial charge in [0.1, 0.15) is 17.2 Å². The molecule has 0 spiro atoms. The Kier molecular flexibility index (Phi) is 6.97. The Hall–Kier alpha value is -3.90. The van der Waals surface area contributed by atoms with E-state index in [1.165, 1.54) is 0 Å². The summed E-state index contributed by atoms with van der Waals surface area (Å²) in [5, 5.41) is 0. The topological polar surface area (TPSA) is 27.7 Å². The summed E-state index contributed by atoms with van der Waals surface area (Å²) in [5.41, 5.74) is 4.41. The molecule has 3 heteroatoms. The lowest BCUT2D eigenvalue weighted by Gasteiger charge is -2.09. The Morgan fingerprint density at radius 2 is 1.37 bits per heavy atom. The molecule has 150 valence electrons. The van der Waals surface area contributed by atoms with Gasteiger partial charge in [-0.3, -0.25) is 0 Å². The molecule has 0 amide bonds.